The first-order chi connectivity index (χ1) is 4.47. The van der Waals surface area contributed by atoms with Crippen LogP contribution in [0.25, 0.3) is 0 Å². The molecule has 1 unspecified atom stereocenters. The quantitative estimate of drug-likeness (QED) is 0.568. The molecule has 0 aromatic rings. The number of nitrogens with one attached hydrogen (secondary N) is 1. The number of fused-ring (bicyclic) bond motifs is 1. The Labute approximate surface area is 68.4 Å². The second-order valence-electron chi connectivity index (χ2n) is 3.00. The maximum Gasteiger partial charge on any atom is 0.0597 e. The zero-order valence-electron chi connectivity index (χ0n) is 6.18. The van der Waals surface area contributed by atoms with E-state index in [1.54, 1.807) is 0 Å². The molecular weight excluding hydrogens is 148 g/mol. The van der Waals surface area contributed by atoms with E-state index in [2.05, 4.69) is 10.2 Å². The Hall–Kier alpha value is 0.210. The standard InChI is InChI=1S/C7H14N2.ClH/c1-2-5-9-6-4-8-7(9)3-1;/h7-8H,1-6H2;1H. The normalized spacial score (nSPS) is 33.0. The molecule has 2 nitrogen and oxygen atoms in total. The Morgan fingerprint density at radius 2 is 2.10 bits per heavy atom. The lowest BCUT2D eigenvalue weighted by Gasteiger charge is -2.28. The molecule has 2 aliphatic heterocycles. The van der Waals surface area contributed by atoms with Crippen molar-refractivity contribution in [2.24, 2.45) is 0 Å². The lowest BCUT2D eigenvalue weighted by Crippen LogP contribution is -2.39. The maximum absolute atomic E-state index is 3.48. The third kappa shape index (κ3) is 1.44. The minimum absolute atomic E-state index is 0. The summed E-state index contributed by atoms with van der Waals surface area (Å²) in [4.78, 5) is 2.56. The van der Waals surface area contributed by atoms with Gasteiger partial charge in [0, 0.05) is 13.1 Å². The zero-order chi connectivity index (χ0) is 6.10. The summed E-state index contributed by atoms with van der Waals surface area (Å²) >= 11 is 0. The summed E-state index contributed by atoms with van der Waals surface area (Å²) in [5, 5.41) is 3.48. The molecule has 3 heteroatoms. The van der Waals surface area contributed by atoms with Crippen molar-refractivity contribution in [3.8, 4) is 0 Å². The highest BCUT2D eigenvalue weighted by atomic mass is 35.5. The fraction of sp³-hybridized carbons (Fsp3) is 1.00. The van der Waals surface area contributed by atoms with E-state index in [0.717, 1.165) is 6.17 Å². The molecule has 10 heavy (non-hydrogen) atoms. The van der Waals surface area contributed by atoms with E-state index < -0.39 is 0 Å². The summed E-state index contributed by atoms with van der Waals surface area (Å²) in [6, 6.07) is 0. The number of nitrogens with zero attached hydrogens (tertiary/aromatic N) is 1. The van der Waals surface area contributed by atoms with Gasteiger partial charge >= 0.3 is 0 Å². The molecule has 0 bridgehead atoms. The zero-order valence-corrected chi connectivity index (χ0v) is 6.99. The molecule has 2 fully saturated rings. The third-order valence-electron chi connectivity index (χ3n) is 2.39. The molecule has 0 aromatic heterocycles. The van der Waals surface area contributed by atoms with E-state index in [4.69, 9.17) is 0 Å². The topological polar surface area (TPSA) is 15.3 Å². The van der Waals surface area contributed by atoms with Crippen LogP contribution in [0, 0.1) is 0 Å². The second-order valence-corrected chi connectivity index (χ2v) is 3.00. The molecule has 1 atom stereocenters. The summed E-state index contributed by atoms with van der Waals surface area (Å²) in [6.07, 6.45) is 4.96. The number of hydrogen-bond donors (Lipinski definition) is 1. The van der Waals surface area contributed by atoms with E-state index in [-0.39, 0.29) is 12.4 Å². The summed E-state index contributed by atoms with van der Waals surface area (Å²) in [6.45, 7) is 3.83. The molecule has 2 aliphatic rings. The molecule has 0 spiro atoms. The number of hydrogen-bond acceptors (Lipinski definition) is 2. The molecule has 0 aromatic carbocycles. The largest absolute Gasteiger partial charge is 0.300 e. The van der Waals surface area contributed by atoms with Crippen molar-refractivity contribution in [3.05, 3.63) is 0 Å². The Bertz CT molecular complexity index is 95.8. The number of piperidine rings is 1. The van der Waals surface area contributed by atoms with Gasteiger partial charge < -0.3 is 5.32 Å². The molecule has 2 saturated heterocycles. The second kappa shape index (κ2) is 3.56. The number of rotatable bonds is 0. The van der Waals surface area contributed by atoms with Gasteiger partial charge in [-0.3, -0.25) is 4.90 Å². The first-order valence-corrected chi connectivity index (χ1v) is 3.94. The van der Waals surface area contributed by atoms with Gasteiger partial charge in [0.25, 0.3) is 0 Å². The molecule has 1 N–H and O–H groups in total. The lowest BCUT2D eigenvalue weighted by molar-refractivity contribution is 0.186. The highest BCUT2D eigenvalue weighted by Crippen LogP contribution is 2.16. The van der Waals surface area contributed by atoms with Gasteiger partial charge in [-0.25, -0.2) is 0 Å². The molecule has 0 amide bonds. The molecule has 0 radical (unpaired) electrons. The van der Waals surface area contributed by atoms with Crippen LogP contribution in [-0.2, 0) is 0 Å². The van der Waals surface area contributed by atoms with Crippen LogP contribution in [0.3, 0.4) is 0 Å². The van der Waals surface area contributed by atoms with Gasteiger partial charge in [-0.05, 0) is 25.8 Å². The van der Waals surface area contributed by atoms with E-state index in [0.29, 0.717) is 0 Å². The van der Waals surface area contributed by atoms with Crippen LogP contribution in [0.4, 0.5) is 0 Å². The van der Waals surface area contributed by atoms with Gasteiger partial charge in [0.15, 0.2) is 0 Å². The molecular formula is C7H15ClN2. The summed E-state index contributed by atoms with van der Waals surface area (Å²) in [7, 11) is 0. The molecule has 60 valence electrons. The third-order valence-corrected chi connectivity index (χ3v) is 2.39. The Morgan fingerprint density at radius 3 is 2.90 bits per heavy atom. The predicted octanol–water partition coefficient (Wildman–Crippen LogP) is 0.823. The highest BCUT2D eigenvalue weighted by molar-refractivity contribution is 5.85. The van der Waals surface area contributed by atoms with Crippen molar-refractivity contribution in [1.82, 2.24) is 10.2 Å². The minimum Gasteiger partial charge on any atom is -0.300 e. The maximum atomic E-state index is 3.48. The van der Waals surface area contributed by atoms with Gasteiger partial charge in [-0.1, -0.05) is 0 Å². The monoisotopic (exact) mass is 162 g/mol. The Balaban J connectivity index is 0.000000500. The number of halogens is 1. The van der Waals surface area contributed by atoms with Crippen molar-refractivity contribution in [1.29, 1.82) is 0 Å². The van der Waals surface area contributed by atoms with Gasteiger partial charge in [-0.2, -0.15) is 0 Å². The molecule has 2 heterocycles. The van der Waals surface area contributed by atoms with Crippen molar-refractivity contribution in [2.45, 2.75) is 25.4 Å². The highest BCUT2D eigenvalue weighted by Gasteiger charge is 2.25. The van der Waals surface area contributed by atoms with Crippen molar-refractivity contribution in [3.63, 3.8) is 0 Å². The van der Waals surface area contributed by atoms with Gasteiger partial charge in [0.2, 0.25) is 0 Å². The Kier molecular flexibility index (Phi) is 2.96. The predicted molar refractivity (Wildman–Crippen MR) is 44.5 cm³/mol. The fourth-order valence-corrected chi connectivity index (χ4v) is 1.86. The van der Waals surface area contributed by atoms with E-state index in [1.165, 1.54) is 38.9 Å². The van der Waals surface area contributed by atoms with Crippen molar-refractivity contribution >= 4 is 12.4 Å². The van der Waals surface area contributed by atoms with E-state index in [1.807, 2.05) is 0 Å². The average Bonchev–Trinajstić information content (AvgIpc) is 2.33. The van der Waals surface area contributed by atoms with Crippen LogP contribution in [0.2, 0.25) is 0 Å². The van der Waals surface area contributed by atoms with Crippen LogP contribution in [0.5, 0.6) is 0 Å². The summed E-state index contributed by atoms with van der Waals surface area (Å²) in [5.41, 5.74) is 0. The van der Waals surface area contributed by atoms with E-state index in [9.17, 15) is 0 Å². The van der Waals surface area contributed by atoms with E-state index >= 15 is 0 Å². The van der Waals surface area contributed by atoms with Crippen molar-refractivity contribution < 1.29 is 0 Å². The average molecular weight is 163 g/mol. The molecule has 0 aliphatic carbocycles. The SMILES string of the molecule is C1CCN2CCNC2C1.Cl. The van der Waals surface area contributed by atoms with Crippen LogP contribution in [0.15, 0.2) is 0 Å². The first-order valence-electron chi connectivity index (χ1n) is 3.94. The first kappa shape index (κ1) is 8.31. The summed E-state index contributed by atoms with van der Waals surface area (Å²) in [5.74, 6) is 0. The fourth-order valence-electron chi connectivity index (χ4n) is 1.86. The van der Waals surface area contributed by atoms with Crippen molar-refractivity contribution in [2.75, 3.05) is 19.6 Å². The smallest absolute Gasteiger partial charge is 0.0597 e. The lowest BCUT2D eigenvalue weighted by atomic mass is 10.1. The minimum atomic E-state index is 0. The van der Waals surface area contributed by atoms with Crippen LogP contribution >= 0.6 is 12.4 Å². The van der Waals surface area contributed by atoms with Crippen LogP contribution in [0.1, 0.15) is 19.3 Å². The van der Waals surface area contributed by atoms with Gasteiger partial charge in [0.05, 0.1) is 6.17 Å². The van der Waals surface area contributed by atoms with Gasteiger partial charge in [0.1, 0.15) is 0 Å². The molecule has 0 saturated carbocycles. The Morgan fingerprint density at radius 1 is 1.20 bits per heavy atom. The van der Waals surface area contributed by atoms with Gasteiger partial charge in [-0.15, -0.1) is 12.4 Å². The summed E-state index contributed by atoms with van der Waals surface area (Å²) < 4.78 is 0. The van der Waals surface area contributed by atoms with Crippen LogP contribution < -0.4 is 5.32 Å². The van der Waals surface area contributed by atoms with Crippen LogP contribution in [-0.4, -0.2) is 30.7 Å². The molecule has 2 rings (SSSR count).